The van der Waals surface area contributed by atoms with Crippen molar-refractivity contribution in [1.29, 1.82) is 0 Å². The molecule has 1 heterocycles. The minimum atomic E-state index is -0.824. The highest BCUT2D eigenvalue weighted by Crippen LogP contribution is 2.31. The number of urea groups is 1. The third-order valence-electron chi connectivity index (χ3n) is 5.54. The zero-order valence-corrected chi connectivity index (χ0v) is 22.2. The van der Waals surface area contributed by atoms with Crippen LogP contribution in [0.4, 0.5) is 10.5 Å². The summed E-state index contributed by atoms with van der Waals surface area (Å²) >= 11 is 8.26. The summed E-state index contributed by atoms with van der Waals surface area (Å²) in [5.74, 6) is -0.838. The number of amides is 4. The molecule has 3 aromatic carbocycles. The van der Waals surface area contributed by atoms with Crippen LogP contribution in [0.25, 0.3) is 6.08 Å². The van der Waals surface area contributed by atoms with Crippen molar-refractivity contribution in [1.82, 2.24) is 5.32 Å². The van der Waals surface area contributed by atoms with E-state index in [0.29, 0.717) is 22.8 Å². The molecule has 0 atom stereocenters. The summed E-state index contributed by atoms with van der Waals surface area (Å²) < 4.78 is 6.59. The fourth-order valence-corrected chi connectivity index (χ4v) is 5.12. The van der Waals surface area contributed by atoms with Gasteiger partial charge in [-0.2, -0.15) is 0 Å². The Balaban J connectivity index is 1.71. The predicted octanol–water partition coefficient (Wildman–Crippen LogP) is 5.83. The number of methoxy groups -OCH3 is 1. The zero-order valence-electron chi connectivity index (χ0n) is 19.3. The van der Waals surface area contributed by atoms with Crippen LogP contribution in [0.5, 0.6) is 5.75 Å². The fraction of sp³-hybridized carbons (Fsp3) is 0.148. The van der Waals surface area contributed by atoms with Gasteiger partial charge in [0.15, 0.2) is 0 Å². The highest BCUT2D eigenvalue weighted by Gasteiger charge is 2.37. The van der Waals surface area contributed by atoms with Crippen molar-refractivity contribution in [2.24, 2.45) is 0 Å². The molecule has 0 saturated carbocycles. The Kier molecular flexibility index (Phi) is 7.28. The third kappa shape index (κ3) is 5.41. The van der Waals surface area contributed by atoms with Crippen molar-refractivity contribution < 1.29 is 19.1 Å². The monoisotopic (exact) mass is 600 g/mol. The van der Waals surface area contributed by atoms with E-state index in [9.17, 15) is 14.4 Å². The zero-order chi connectivity index (χ0) is 25.3. The topological polar surface area (TPSA) is 75.7 Å². The van der Waals surface area contributed by atoms with Crippen LogP contribution in [0.15, 0.2) is 60.2 Å². The predicted molar refractivity (Wildman–Crippen MR) is 145 cm³/mol. The average molecular weight is 601 g/mol. The lowest BCUT2D eigenvalue weighted by Gasteiger charge is -2.26. The molecule has 35 heavy (non-hydrogen) atoms. The van der Waals surface area contributed by atoms with Gasteiger partial charge < -0.3 is 4.74 Å². The van der Waals surface area contributed by atoms with Crippen LogP contribution in [0.2, 0.25) is 5.02 Å². The quantitative estimate of drug-likeness (QED) is 0.227. The second-order valence-corrected chi connectivity index (χ2v) is 9.89. The molecule has 1 N–H and O–H groups in total. The molecule has 1 saturated heterocycles. The van der Waals surface area contributed by atoms with E-state index in [-0.39, 0.29) is 11.3 Å². The van der Waals surface area contributed by atoms with Crippen molar-refractivity contribution in [2.45, 2.75) is 20.3 Å². The first-order chi connectivity index (χ1) is 16.7. The Morgan fingerprint density at radius 3 is 2.40 bits per heavy atom. The molecular weight excluding hydrogens is 579 g/mol. The van der Waals surface area contributed by atoms with Gasteiger partial charge in [0, 0.05) is 20.6 Å². The summed E-state index contributed by atoms with van der Waals surface area (Å²) in [5, 5.41) is 2.59. The van der Waals surface area contributed by atoms with Gasteiger partial charge in [0.1, 0.15) is 11.3 Å². The maximum atomic E-state index is 13.2. The van der Waals surface area contributed by atoms with Crippen LogP contribution < -0.4 is 15.0 Å². The van der Waals surface area contributed by atoms with Gasteiger partial charge >= 0.3 is 6.03 Å². The number of ether oxygens (including phenoxy) is 1. The van der Waals surface area contributed by atoms with Crippen LogP contribution in [0, 0.1) is 17.4 Å². The summed E-state index contributed by atoms with van der Waals surface area (Å²) in [4.78, 5) is 39.1. The maximum absolute atomic E-state index is 13.2. The number of nitrogens with zero attached hydrogens (tertiary/aromatic N) is 1. The molecule has 3 aromatic rings. The van der Waals surface area contributed by atoms with Crippen LogP contribution in [-0.2, 0) is 16.0 Å². The molecule has 1 fully saturated rings. The molecule has 1 aliphatic heterocycles. The molecule has 4 rings (SSSR count). The lowest BCUT2D eigenvalue weighted by molar-refractivity contribution is -0.122. The summed E-state index contributed by atoms with van der Waals surface area (Å²) in [5.41, 5.74) is 5.28. The van der Waals surface area contributed by atoms with Gasteiger partial charge in [0.2, 0.25) is 0 Å². The third-order valence-corrected chi connectivity index (χ3v) is 6.74. The molecule has 0 aromatic heterocycles. The van der Waals surface area contributed by atoms with Gasteiger partial charge in [-0.3, -0.25) is 14.9 Å². The molecule has 0 bridgehead atoms. The van der Waals surface area contributed by atoms with Gasteiger partial charge in [-0.15, -0.1) is 0 Å². The smallest absolute Gasteiger partial charge is 0.335 e. The van der Waals surface area contributed by atoms with Crippen molar-refractivity contribution in [2.75, 3.05) is 12.0 Å². The number of hydrogen-bond donors (Lipinski definition) is 1. The number of benzene rings is 3. The first-order valence-corrected chi connectivity index (χ1v) is 12.2. The lowest BCUT2D eigenvalue weighted by Crippen LogP contribution is -2.54. The Hall–Kier alpha value is -3.17. The second-order valence-electron chi connectivity index (χ2n) is 8.29. The molecule has 0 unspecified atom stereocenters. The highest BCUT2D eigenvalue weighted by atomic mass is 127. The summed E-state index contributed by atoms with van der Waals surface area (Å²) in [6.45, 7) is 4.13. The lowest BCUT2D eigenvalue weighted by atomic mass is 9.98. The SMILES string of the molecule is COc1cc(/C=C2\C(=O)NC(=O)N(c3cccc(Cl)c3)C2=O)cc(I)c1Cc1cc(C)cc(C)c1. The molecule has 8 heteroatoms. The maximum Gasteiger partial charge on any atom is 0.335 e. The van der Waals surface area contributed by atoms with E-state index in [4.69, 9.17) is 16.3 Å². The fourth-order valence-electron chi connectivity index (χ4n) is 4.12. The number of barbiturate groups is 1. The number of hydrogen-bond acceptors (Lipinski definition) is 4. The number of carbonyl (C=O) groups excluding carboxylic acids is 3. The first-order valence-electron chi connectivity index (χ1n) is 10.8. The summed E-state index contributed by atoms with van der Waals surface area (Å²) in [7, 11) is 1.59. The second kappa shape index (κ2) is 10.2. The number of carbonyl (C=O) groups is 3. The molecule has 6 nitrogen and oxygen atoms in total. The highest BCUT2D eigenvalue weighted by molar-refractivity contribution is 14.1. The largest absolute Gasteiger partial charge is 0.496 e. The van der Waals surface area contributed by atoms with Gasteiger partial charge in [-0.05, 0) is 84.0 Å². The number of nitrogens with one attached hydrogen (secondary N) is 1. The number of imide groups is 2. The Morgan fingerprint density at radius 2 is 1.74 bits per heavy atom. The summed E-state index contributed by atoms with van der Waals surface area (Å²) in [6, 6.07) is 15.6. The minimum Gasteiger partial charge on any atom is -0.496 e. The Bertz CT molecular complexity index is 1380. The van der Waals surface area contributed by atoms with E-state index in [1.165, 1.54) is 28.8 Å². The van der Waals surface area contributed by atoms with E-state index < -0.39 is 17.8 Å². The van der Waals surface area contributed by atoms with E-state index in [1.807, 2.05) is 6.07 Å². The van der Waals surface area contributed by atoms with Crippen LogP contribution in [0.1, 0.15) is 27.8 Å². The van der Waals surface area contributed by atoms with Crippen LogP contribution in [0.3, 0.4) is 0 Å². The van der Waals surface area contributed by atoms with Crippen molar-refractivity contribution in [3.05, 3.63) is 96.6 Å². The molecule has 0 aliphatic carbocycles. The number of rotatable bonds is 5. The van der Waals surface area contributed by atoms with Crippen LogP contribution in [-0.4, -0.2) is 25.0 Å². The van der Waals surface area contributed by atoms with Gasteiger partial charge in [-0.25, -0.2) is 9.69 Å². The van der Waals surface area contributed by atoms with E-state index in [1.54, 1.807) is 31.4 Å². The standard InChI is InChI=1S/C27H22ClIN2O4/c1-15-7-16(2)9-17(8-15)10-21-23(29)12-18(13-24(21)35-3)11-22-25(32)30-27(34)31(26(22)33)20-6-4-5-19(28)14-20/h4-9,11-14H,10H2,1-3H3,(H,30,32,34)/b22-11+. The van der Waals surface area contributed by atoms with Crippen molar-refractivity contribution in [3.8, 4) is 5.75 Å². The average Bonchev–Trinajstić information content (AvgIpc) is 2.77. The first kappa shape index (κ1) is 24.9. The van der Waals surface area contributed by atoms with Crippen molar-refractivity contribution in [3.63, 3.8) is 0 Å². The molecule has 4 amide bonds. The molecular formula is C27H22ClIN2O4. The molecule has 0 spiro atoms. The van der Waals surface area contributed by atoms with Gasteiger partial charge in [0.05, 0.1) is 12.8 Å². The van der Waals surface area contributed by atoms with Gasteiger partial charge in [0.25, 0.3) is 11.8 Å². The Morgan fingerprint density at radius 1 is 1.03 bits per heavy atom. The van der Waals surface area contributed by atoms with E-state index >= 15 is 0 Å². The summed E-state index contributed by atoms with van der Waals surface area (Å²) in [6.07, 6.45) is 2.14. The number of anilines is 1. The molecule has 0 radical (unpaired) electrons. The van der Waals surface area contributed by atoms with Crippen LogP contribution >= 0.6 is 34.2 Å². The van der Waals surface area contributed by atoms with E-state index in [0.717, 1.165) is 14.0 Å². The minimum absolute atomic E-state index is 0.163. The van der Waals surface area contributed by atoms with E-state index in [2.05, 4.69) is 60.0 Å². The van der Waals surface area contributed by atoms with Gasteiger partial charge in [-0.1, -0.05) is 47.0 Å². The number of aryl methyl sites for hydroxylation is 2. The normalized spacial score (nSPS) is 14.9. The molecule has 178 valence electrons. The number of halogens is 2. The molecule has 1 aliphatic rings. The Labute approximate surface area is 222 Å². The van der Waals surface area contributed by atoms with Crippen molar-refractivity contribution >= 4 is 63.8 Å².